The van der Waals surface area contributed by atoms with Crippen molar-refractivity contribution in [1.82, 2.24) is 9.97 Å². The van der Waals surface area contributed by atoms with Gasteiger partial charge in [0.2, 0.25) is 11.8 Å². The molecule has 0 aliphatic carbocycles. The first kappa shape index (κ1) is 23.8. The second-order valence-corrected chi connectivity index (χ2v) is 7.67. The van der Waals surface area contributed by atoms with Crippen molar-refractivity contribution < 1.29 is 23.7 Å². The lowest BCUT2D eigenvalue weighted by molar-refractivity contribution is -0.133. The highest BCUT2D eigenvalue weighted by molar-refractivity contribution is 7.80. The Balaban J connectivity index is 1.67. The maximum absolute atomic E-state index is 12.7. The summed E-state index contributed by atoms with van der Waals surface area (Å²) in [7, 11) is 2.92. The third-order valence-corrected chi connectivity index (χ3v) is 5.27. The van der Waals surface area contributed by atoms with E-state index >= 15 is 0 Å². The first-order valence-electron chi connectivity index (χ1n) is 10.6. The Labute approximate surface area is 208 Å². The number of benzene rings is 3. The smallest absolute Gasteiger partial charge is 0.338 e. The number of para-hydroxylation sites is 2. The fourth-order valence-electron chi connectivity index (χ4n) is 3.24. The Bertz CT molecular complexity index is 1370. The van der Waals surface area contributed by atoms with E-state index in [9.17, 15) is 4.79 Å². The Morgan fingerprint density at radius 2 is 1.51 bits per heavy atom. The van der Waals surface area contributed by atoms with E-state index < -0.39 is 5.97 Å². The van der Waals surface area contributed by atoms with Crippen LogP contribution in [-0.2, 0) is 9.53 Å². The second-order valence-electron chi connectivity index (χ2n) is 7.19. The summed E-state index contributed by atoms with van der Waals surface area (Å²) < 4.78 is 22.2. The van der Waals surface area contributed by atoms with Gasteiger partial charge in [-0.2, -0.15) is 0 Å². The molecule has 0 N–H and O–H groups in total. The molecule has 35 heavy (non-hydrogen) atoms. The number of aromatic nitrogens is 2. The number of carbonyl (C=O) groups excluding carboxylic acids is 1. The molecule has 8 heteroatoms. The summed E-state index contributed by atoms with van der Waals surface area (Å²) in [6.45, 7) is 0. The molecule has 0 aliphatic rings. The third-order valence-electron chi connectivity index (χ3n) is 4.90. The average molecular weight is 487 g/mol. The molecule has 176 valence electrons. The molecule has 0 aliphatic heterocycles. The summed E-state index contributed by atoms with van der Waals surface area (Å²) >= 11 is 4.39. The van der Waals surface area contributed by atoms with Gasteiger partial charge in [0, 0.05) is 10.5 Å². The quantitative estimate of drug-likeness (QED) is 0.140. The van der Waals surface area contributed by atoms with Crippen LogP contribution in [0.15, 0.2) is 90.1 Å². The van der Waals surface area contributed by atoms with Gasteiger partial charge in [0.25, 0.3) is 0 Å². The van der Waals surface area contributed by atoms with E-state index in [1.807, 2.05) is 48.5 Å². The Hall–Kier alpha value is -4.30. The van der Waals surface area contributed by atoms with Gasteiger partial charge >= 0.3 is 5.97 Å². The minimum Gasteiger partial charge on any atom is -0.497 e. The van der Waals surface area contributed by atoms with Crippen molar-refractivity contribution >= 4 is 30.2 Å². The number of carbonyl (C=O) groups is 1. The molecule has 0 bridgehead atoms. The van der Waals surface area contributed by atoms with Gasteiger partial charge in [-0.15, -0.1) is 12.6 Å². The van der Waals surface area contributed by atoms with Crippen molar-refractivity contribution in [1.29, 1.82) is 0 Å². The first-order chi connectivity index (χ1) is 17.1. The molecule has 0 unspecified atom stereocenters. The zero-order chi connectivity index (χ0) is 24.6. The summed E-state index contributed by atoms with van der Waals surface area (Å²) in [5, 5.41) is 0. The Morgan fingerprint density at radius 3 is 2.23 bits per heavy atom. The molecule has 7 nitrogen and oxygen atoms in total. The van der Waals surface area contributed by atoms with Gasteiger partial charge in [-0.1, -0.05) is 42.5 Å². The first-order valence-corrected chi connectivity index (χ1v) is 11.0. The third kappa shape index (κ3) is 5.99. The molecule has 3 aromatic carbocycles. The standard InChI is InChI=1S/C27H22N2O5S/c1-31-19-9-7-8-18(14-19)15-21(27(30)32-2)20-10-3-4-11-22(20)33-25-16-26(29-17-28-25)34-23-12-5-6-13-24(23)35/h3-17,35H,1-2H3/b21-15+. The van der Waals surface area contributed by atoms with Crippen molar-refractivity contribution in [3.63, 3.8) is 0 Å². The van der Waals surface area contributed by atoms with E-state index in [0.717, 1.165) is 5.56 Å². The second kappa shape index (κ2) is 11.2. The molecule has 4 aromatic rings. The summed E-state index contributed by atoms with van der Waals surface area (Å²) in [6.07, 6.45) is 3.05. The molecule has 0 atom stereocenters. The van der Waals surface area contributed by atoms with Crippen LogP contribution in [0.4, 0.5) is 0 Å². The van der Waals surface area contributed by atoms with Crippen LogP contribution in [0.25, 0.3) is 11.6 Å². The molecule has 0 spiro atoms. The Kier molecular flexibility index (Phi) is 7.64. The predicted octanol–water partition coefficient (Wildman–Crippen LogP) is 6.07. The summed E-state index contributed by atoms with van der Waals surface area (Å²) in [5.41, 5.74) is 1.61. The molecule has 0 fully saturated rings. The fraction of sp³-hybridized carbons (Fsp3) is 0.0741. The van der Waals surface area contributed by atoms with Crippen molar-refractivity contribution in [2.24, 2.45) is 0 Å². The normalized spacial score (nSPS) is 11.0. The van der Waals surface area contributed by atoms with E-state index in [4.69, 9.17) is 18.9 Å². The highest BCUT2D eigenvalue weighted by Crippen LogP contribution is 2.33. The SMILES string of the molecule is COC(=O)/C(=C/c1cccc(OC)c1)c1ccccc1Oc1cc(Oc2ccccc2S)ncn1. The van der Waals surface area contributed by atoms with Crippen LogP contribution in [0.1, 0.15) is 11.1 Å². The highest BCUT2D eigenvalue weighted by atomic mass is 32.1. The largest absolute Gasteiger partial charge is 0.497 e. The summed E-state index contributed by atoms with van der Waals surface area (Å²) in [4.78, 5) is 21.7. The highest BCUT2D eigenvalue weighted by Gasteiger charge is 2.18. The van der Waals surface area contributed by atoms with Crippen LogP contribution in [0.3, 0.4) is 0 Å². The fourth-order valence-corrected chi connectivity index (χ4v) is 3.44. The van der Waals surface area contributed by atoms with Gasteiger partial charge in [0.15, 0.2) is 0 Å². The molecule has 4 rings (SSSR count). The lowest BCUT2D eigenvalue weighted by Crippen LogP contribution is -2.05. The zero-order valence-corrected chi connectivity index (χ0v) is 19.9. The molecule has 0 saturated carbocycles. The molecule has 0 saturated heterocycles. The maximum Gasteiger partial charge on any atom is 0.338 e. The van der Waals surface area contributed by atoms with Gasteiger partial charge in [-0.3, -0.25) is 0 Å². The van der Waals surface area contributed by atoms with E-state index in [-0.39, 0.29) is 11.8 Å². The van der Waals surface area contributed by atoms with Crippen LogP contribution in [0.5, 0.6) is 29.0 Å². The lowest BCUT2D eigenvalue weighted by atomic mass is 10.0. The minimum absolute atomic E-state index is 0.240. The lowest BCUT2D eigenvalue weighted by Gasteiger charge is -2.13. The van der Waals surface area contributed by atoms with Crippen LogP contribution >= 0.6 is 12.6 Å². The van der Waals surface area contributed by atoms with E-state index in [2.05, 4.69) is 22.6 Å². The van der Waals surface area contributed by atoms with Crippen molar-refractivity contribution in [3.8, 4) is 29.0 Å². The van der Waals surface area contributed by atoms with Crippen LogP contribution in [0.2, 0.25) is 0 Å². The molecular weight excluding hydrogens is 464 g/mol. The molecule has 0 amide bonds. The summed E-state index contributed by atoms with van der Waals surface area (Å²) in [6, 6.07) is 23.3. The number of hydrogen-bond donors (Lipinski definition) is 1. The van der Waals surface area contributed by atoms with Crippen LogP contribution in [0, 0.1) is 0 Å². The van der Waals surface area contributed by atoms with E-state index in [1.54, 1.807) is 43.5 Å². The predicted molar refractivity (Wildman–Crippen MR) is 135 cm³/mol. The van der Waals surface area contributed by atoms with Gasteiger partial charge < -0.3 is 18.9 Å². The van der Waals surface area contributed by atoms with Gasteiger partial charge in [0.1, 0.15) is 23.6 Å². The summed E-state index contributed by atoms with van der Waals surface area (Å²) in [5.74, 6) is 1.64. The molecule has 1 heterocycles. The molecular formula is C27H22N2O5S. The van der Waals surface area contributed by atoms with Gasteiger partial charge in [-0.05, 0) is 42.0 Å². The van der Waals surface area contributed by atoms with Crippen molar-refractivity contribution in [3.05, 3.63) is 96.3 Å². The van der Waals surface area contributed by atoms with Crippen molar-refractivity contribution in [2.75, 3.05) is 14.2 Å². The van der Waals surface area contributed by atoms with Crippen molar-refractivity contribution in [2.45, 2.75) is 4.90 Å². The van der Waals surface area contributed by atoms with Gasteiger partial charge in [-0.25, -0.2) is 14.8 Å². The number of methoxy groups -OCH3 is 2. The number of rotatable bonds is 8. The Morgan fingerprint density at radius 1 is 0.829 bits per heavy atom. The number of nitrogens with zero attached hydrogens (tertiary/aromatic N) is 2. The minimum atomic E-state index is -0.513. The number of ether oxygens (including phenoxy) is 4. The monoisotopic (exact) mass is 486 g/mol. The number of esters is 1. The van der Waals surface area contributed by atoms with Crippen LogP contribution in [-0.4, -0.2) is 30.2 Å². The maximum atomic E-state index is 12.7. The van der Waals surface area contributed by atoms with E-state index in [0.29, 0.717) is 33.3 Å². The van der Waals surface area contributed by atoms with Crippen LogP contribution < -0.4 is 14.2 Å². The average Bonchev–Trinajstić information content (AvgIpc) is 2.89. The molecule has 0 radical (unpaired) electrons. The van der Waals surface area contributed by atoms with E-state index in [1.165, 1.54) is 13.4 Å². The topological polar surface area (TPSA) is 79.8 Å². The molecule has 1 aromatic heterocycles. The number of hydrogen-bond acceptors (Lipinski definition) is 8. The number of thiol groups is 1. The zero-order valence-electron chi connectivity index (χ0n) is 19.0. The van der Waals surface area contributed by atoms with Gasteiger partial charge in [0.05, 0.1) is 25.9 Å².